The number of carbonyl (C=O) groups is 1. The number of carboxylic acid groups (broad SMARTS) is 1. The Labute approximate surface area is 139 Å². The number of aromatic nitrogens is 1. The number of nitrogens with one attached hydrogen (secondary N) is 1. The minimum absolute atomic E-state index is 0.200. The Morgan fingerprint density at radius 2 is 2.09 bits per heavy atom. The van der Waals surface area contributed by atoms with Crippen LogP contribution in [0.3, 0.4) is 0 Å². The van der Waals surface area contributed by atoms with Gasteiger partial charge in [0.2, 0.25) is 5.56 Å². The highest BCUT2D eigenvalue weighted by Crippen LogP contribution is 2.53. The third-order valence-electron chi connectivity index (χ3n) is 5.04. The normalized spacial score (nSPS) is 15.9. The van der Waals surface area contributed by atoms with E-state index in [1.54, 1.807) is 11.4 Å². The molecule has 0 spiro atoms. The van der Waals surface area contributed by atoms with E-state index in [1.807, 2.05) is 0 Å². The molecule has 0 aromatic carbocycles. The van der Waals surface area contributed by atoms with Gasteiger partial charge in [0.25, 0.3) is 0 Å². The van der Waals surface area contributed by atoms with E-state index in [9.17, 15) is 14.7 Å². The molecule has 1 fully saturated rings. The van der Waals surface area contributed by atoms with E-state index in [-0.39, 0.29) is 11.1 Å². The number of carboxylic acids is 1. The number of aromatic amines is 1. The zero-order valence-electron chi connectivity index (χ0n) is 13.5. The van der Waals surface area contributed by atoms with E-state index < -0.39 is 5.97 Å². The molecule has 5 heteroatoms. The molecule has 3 rings (SSSR count). The van der Waals surface area contributed by atoms with Gasteiger partial charge in [0.1, 0.15) is 0 Å². The van der Waals surface area contributed by atoms with Crippen LogP contribution < -0.4 is 5.56 Å². The van der Waals surface area contributed by atoms with Crippen molar-refractivity contribution in [3.05, 3.63) is 32.9 Å². The largest absolute Gasteiger partial charge is 0.478 e. The number of rotatable bonds is 8. The van der Waals surface area contributed by atoms with Gasteiger partial charge in [0.15, 0.2) is 0 Å². The average molecular weight is 333 g/mol. The molecular weight excluding hydrogens is 310 g/mol. The van der Waals surface area contributed by atoms with E-state index in [0.29, 0.717) is 10.9 Å². The molecule has 0 unspecified atom stereocenters. The van der Waals surface area contributed by atoms with Gasteiger partial charge in [0, 0.05) is 11.4 Å². The summed E-state index contributed by atoms with van der Waals surface area (Å²) in [6.07, 6.45) is 9.73. The second-order valence-electron chi connectivity index (χ2n) is 6.77. The molecule has 0 saturated heterocycles. The highest BCUT2D eigenvalue weighted by molar-refractivity contribution is 7.17. The minimum atomic E-state index is -0.986. The molecule has 0 atom stereocenters. The second-order valence-corrected chi connectivity index (χ2v) is 7.65. The van der Waals surface area contributed by atoms with Crippen molar-refractivity contribution < 1.29 is 9.90 Å². The summed E-state index contributed by atoms with van der Waals surface area (Å²) < 4.78 is 0.917. The van der Waals surface area contributed by atoms with Gasteiger partial charge in [-0.3, -0.25) is 4.79 Å². The van der Waals surface area contributed by atoms with Gasteiger partial charge in [-0.25, -0.2) is 4.79 Å². The second kappa shape index (κ2) is 6.48. The van der Waals surface area contributed by atoms with Gasteiger partial charge in [-0.2, -0.15) is 0 Å². The maximum atomic E-state index is 11.8. The molecule has 0 bridgehead atoms. The van der Waals surface area contributed by atoms with Crippen LogP contribution in [-0.4, -0.2) is 16.1 Å². The molecule has 0 aliphatic heterocycles. The topological polar surface area (TPSA) is 70.2 Å². The maximum Gasteiger partial charge on any atom is 0.338 e. The third-order valence-corrected chi connectivity index (χ3v) is 6.09. The lowest BCUT2D eigenvalue weighted by Gasteiger charge is -2.14. The number of aryl methyl sites for hydroxylation is 1. The number of H-pyrrole nitrogens is 1. The van der Waals surface area contributed by atoms with E-state index in [2.05, 4.69) is 11.9 Å². The van der Waals surface area contributed by atoms with Gasteiger partial charge >= 0.3 is 5.97 Å². The Morgan fingerprint density at radius 1 is 1.35 bits per heavy atom. The Balaban J connectivity index is 1.73. The first-order valence-electron chi connectivity index (χ1n) is 8.41. The Morgan fingerprint density at radius 3 is 2.74 bits per heavy atom. The summed E-state index contributed by atoms with van der Waals surface area (Å²) in [5, 5.41) is 10.8. The summed E-state index contributed by atoms with van der Waals surface area (Å²) in [6.45, 7) is 2.24. The van der Waals surface area contributed by atoms with Gasteiger partial charge in [-0.15, -0.1) is 11.3 Å². The quantitative estimate of drug-likeness (QED) is 0.743. The number of pyridine rings is 1. The van der Waals surface area contributed by atoms with Crippen molar-refractivity contribution in [3.63, 3.8) is 0 Å². The van der Waals surface area contributed by atoms with E-state index in [4.69, 9.17) is 0 Å². The van der Waals surface area contributed by atoms with Gasteiger partial charge in [0.05, 0.1) is 15.8 Å². The summed E-state index contributed by atoms with van der Waals surface area (Å²) in [4.78, 5) is 25.8. The monoisotopic (exact) mass is 333 g/mol. The lowest BCUT2D eigenvalue weighted by molar-refractivity contribution is 0.0699. The van der Waals surface area contributed by atoms with Crippen molar-refractivity contribution in [2.75, 3.05) is 0 Å². The van der Waals surface area contributed by atoms with Crippen LogP contribution in [0, 0.1) is 5.41 Å². The summed E-state index contributed by atoms with van der Waals surface area (Å²) in [5.41, 5.74) is 2.04. The predicted molar refractivity (Wildman–Crippen MR) is 93.5 cm³/mol. The van der Waals surface area contributed by atoms with Crippen LogP contribution in [0.15, 0.2) is 16.2 Å². The molecule has 1 saturated carbocycles. The number of unbranched alkanes of at least 4 members (excludes halogenated alkanes) is 1. The molecule has 2 aromatic rings. The highest BCUT2D eigenvalue weighted by Gasteiger charge is 2.40. The van der Waals surface area contributed by atoms with Crippen LogP contribution in [0.5, 0.6) is 0 Å². The smallest absolute Gasteiger partial charge is 0.338 e. The molecule has 2 aromatic heterocycles. The number of hydrogen-bond acceptors (Lipinski definition) is 3. The molecule has 0 radical (unpaired) electrons. The van der Waals surface area contributed by atoms with Crippen molar-refractivity contribution in [2.24, 2.45) is 5.41 Å². The first kappa shape index (κ1) is 16.2. The number of fused-ring (bicyclic) bond motifs is 1. The fourth-order valence-corrected chi connectivity index (χ4v) is 4.50. The third kappa shape index (κ3) is 3.50. The lowest BCUT2D eigenvalue weighted by Crippen LogP contribution is -2.08. The molecular formula is C18H23NO3S. The Kier molecular flexibility index (Phi) is 4.57. The van der Waals surface area contributed by atoms with Crippen LogP contribution >= 0.6 is 11.3 Å². The SMILES string of the molecule is CCCCC1(CCCc2cc(=O)[nH]c3c(C(=O)O)csc23)CC1. The molecule has 4 nitrogen and oxygen atoms in total. The Hall–Kier alpha value is -1.62. The van der Waals surface area contributed by atoms with Gasteiger partial charge in [-0.1, -0.05) is 19.8 Å². The maximum absolute atomic E-state index is 11.8. The molecule has 1 aliphatic rings. The summed E-state index contributed by atoms with van der Waals surface area (Å²) in [6, 6.07) is 1.63. The van der Waals surface area contributed by atoms with E-state index >= 15 is 0 Å². The van der Waals surface area contributed by atoms with Gasteiger partial charge < -0.3 is 10.1 Å². The van der Waals surface area contributed by atoms with Crippen molar-refractivity contribution in [1.82, 2.24) is 4.98 Å². The molecule has 23 heavy (non-hydrogen) atoms. The van der Waals surface area contributed by atoms with Crippen molar-refractivity contribution in [3.8, 4) is 0 Å². The zero-order chi connectivity index (χ0) is 16.4. The average Bonchev–Trinajstić information content (AvgIpc) is 3.14. The fourth-order valence-electron chi connectivity index (χ4n) is 3.45. The van der Waals surface area contributed by atoms with Crippen molar-refractivity contribution in [2.45, 2.75) is 58.3 Å². The van der Waals surface area contributed by atoms with Crippen LogP contribution in [0.2, 0.25) is 0 Å². The van der Waals surface area contributed by atoms with Crippen LogP contribution in [0.1, 0.15) is 67.8 Å². The zero-order valence-corrected chi connectivity index (χ0v) is 14.3. The van der Waals surface area contributed by atoms with Gasteiger partial charge in [-0.05, 0) is 49.5 Å². The van der Waals surface area contributed by atoms with Crippen LogP contribution in [0.25, 0.3) is 10.2 Å². The molecule has 2 heterocycles. The molecule has 0 amide bonds. The van der Waals surface area contributed by atoms with Crippen molar-refractivity contribution in [1.29, 1.82) is 0 Å². The molecule has 2 N–H and O–H groups in total. The summed E-state index contributed by atoms with van der Waals surface area (Å²) >= 11 is 1.41. The predicted octanol–water partition coefficient (Wildman–Crippen LogP) is 4.58. The van der Waals surface area contributed by atoms with E-state index in [1.165, 1.54) is 49.9 Å². The highest BCUT2D eigenvalue weighted by atomic mass is 32.1. The lowest BCUT2D eigenvalue weighted by atomic mass is 9.92. The van der Waals surface area contributed by atoms with Crippen molar-refractivity contribution >= 4 is 27.5 Å². The standard InChI is InChI=1S/C18H23NO3S/c1-2-3-6-18(8-9-18)7-4-5-12-10-14(20)19-15-13(17(21)22)11-23-16(12)15/h10-11H,2-9H2,1H3,(H,19,20)(H,21,22). The minimum Gasteiger partial charge on any atom is -0.478 e. The van der Waals surface area contributed by atoms with Crippen LogP contribution in [-0.2, 0) is 6.42 Å². The molecule has 1 aliphatic carbocycles. The number of thiophene rings is 1. The first-order valence-corrected chi connectivity index (χ1v) is 9.29. The summed E-state index contributed by atoms with van der Waals surface area (Å²) in [7, 11) is 0. The Bertz CT molecular complexity index is 770. The summed E-state index contributed by atoms with van der Waals surface area (Å²) in [5.74, 6) is -0.986. The molecule has 124 valence electrons. The first-order chi connectivity index (χ1) is 11.0. The van der Waals surface area contributed by atoms with E-state index in [0.717, 1.165) is 23.1 Å². The van der Waals surface area contributed by atoms with Crippen LogP contribution in [0.4, 0.5) is 0 Å². The number of aromatic carboxylic acids is 1. The fraction of sp³-hybridized carbons (Fsp3) is 0.556. The number of hydrogen-bond donors (Lipinski definition) is 2.